The Labute approximate surface area is 136 Å². The van der Waals surface area contributed by atoms with Crippen LogP contribution in [0.5, 0.6) is 0 Å². The Bertz CT molecular complexity index is 772. The van der Waals surface area contributed by atoms with Crippen molar-refractivity contribution in [1.29, 1.82) is 0 Å². The van der Waals surface area contributed by atoms with E-state index in [1.165, 1.54) is 22.0 Å². The normalized spacial score (nSPS) is 16.0. The van der Waals surface area contributed by atoms with Crippen LogP contribution in [0.3, 0.4) is 0 Å². The quantitative estimate of drug-likeness (QED) is 0.804. The predicted molar refractivity (Wildman–Crippen MR) is 94.5 cm³/mol. The van der Waals surface area contributed by atoms with Crippen LogP contribution in [0.15, 0.2) is 55.0 Å². The minimum absolute atomic E-state index is 1.05. The summed E-state index contributed by atoms with van der Waals surface area (Å²) >= 11 is 0. The monoisotopic (exact) mass is 306 g/mol. The fourth-order valence-electron chi connectivity index (χ4n) is 3.30. The topological polar surface area (TPSA) is 33.1 Å². The van der Waals surface area contributed by atoms with Crippen LogP contribution in [0.25, 0.3) is 22.0 Å². The van der Waals surface area contributed by atoms with Gasteiger partial charge in [-0.2, -0.15) is 0 Å². The average Bonchev–Trinajstić information content (AvgIpc) is 3.04. The summed E-state index contributed by atoms with van der Waals surface area (Å²) in [5.74, 6) is 0. The number of hydrogen-bond donors (Lipinski definition) is 1. The second-order valence-corrected chi connectivity index (χ2v) is 6.11. The molecule has 1 N–H and O–H groups in total. The van der Waals surface area contributed by atoms with E-state index in [4.69, 9.17) is 0 Å². The van der Waals surface area contributed by atoms with E-state index in [-0.39, 0.29) is 0 Å². The first kappa shape index (κ1) is 14.4. The number of fused-ring (bicyclic) bond motifs is 1. The molecule has 1 aliphatic rings. The summed E-state index contributed by atoms with van der Waals surface area (Å²) in [4.78, 5) is 6.63. The van der Waals surface area contributed by atoms with E-state index in [0.717, 1.165) is 39.3 Å². The smallest absolute Gasteiger partial charge is 0.0481 e. The van der Waals surface area contributed by atoms with E-state index >= 15 is 0 Å². The van der Waals surface area contributed by atoms with Crippen molar-refractivity contribution in [3.8, 4) is 11.1 Å². The average molecular weight is 306 g/mol. The molecule has 1 fully saturated rings. The number of nitrogens with zero attached hydrogens (tertiary/aromatic N) is 3. The number of aromatic nitrogens is 2. The van der Waals surface area contributed by atoms with Gasteiger partial charge in [0.15, 0.2) is 0 Å². The third-order valence-electron chi connectivity index (χ3n) is 4.65. The number of rotatable bonds is 4. The molecule has 1 aliphatic heterocycles. The lowest BCUT2D eigenvalue weighted by molar-refractivity contribution is 0.233. The van der Waals surface area contributed by atoms with Gasteiger partial charge in [-0.25, -0.2) is 0 Å². The molecule has 4 nitrogen and oxygen atoms in total. The largest absolute Gasteiger partial charge is 0.346 e. The molecule has 23 heavy (non-hydrogen) atoms. The second kappa shape index (κ2) is 6.52. The third-order valence-corrected chi connectivity index (χ3v) is 4.65. The lowest BCUT2D eigenvalue weighted by Crippen LogP contribution is -2.44. The molecule has 0 saturated carbocycles. The van der Waals surface area contributed by atoms with Crippen molar-refractivity contribution in [2.24, 2.45) is 0 Å². The first-order valence-electron chi connectivity index (χ1n) is 8.32. The van der Waals surface area contributed by atoms with Gasteiger partial charge in [0.05, 0.1) is 0 Å². The number of hydrogen-bond acceptors (Lipinski definition) is 3. The maximum Gasteiger partial charge on any atom is 0.0481 e. The fraction of sp³-hybridized carbons (Fsp3) is 0.316. The molecule has 1 aromatic carbocycles. The highest BCUT2D eigenvalue weighted by Crippen LogP contribution is 2.24. The van der Waals surface area contributed by atoms with E-state index in [9.17, 15) is 0 Å². The zero-order valence-corrected chi connectivity index (χ0v) is 13.3. The summed E-state index contributed by atoms with van der Waals surface area (Å²) in [6.07, 6.45) is 5.90. The van der Waals surface area contributed by atoms with Crippen LogP contribution < -0.4 is 5.32 Å². The summed E-state index contributed by atoms with van der Waals surface area (Å²) < 4.78 is 2.37. The van der Waals surface area contributed by atoms with Crippen LogP contribution >= 0.6 is 0 Å². The van der Waals surface area contributed by atoms with Crippen molar-refractivity contribution in [2.45, 2.75) is 6.54 Å². The molecule has 0 aliphatic carbocycles. The van der Waals surface area contributed by atoms with Gasteiger partial charge in [-0.3, -0.25) is 9.88 Å². The Hall–Kier alpha value is -2.17. The number of pyridine rings is 1. The third kappa shape index (κ3) is 3.14. The van der Waals surface area contributed by atoms with Gasteiger partial charge in [-0.05, 0) is 41.5 Å². The van der Waals surface area contributed by atoms with Crippen molar-refractivity contribution in [1.82, 2.24) is 19.8 Å². The molecule has 0 amide bonds. The van der Waals surface area contributed by atoms with Gasteiger partial charge in [0.2, 0.25) is 0 Å². The van der Waals surface area contributed by atoms with E-state index in [2.05, 4.69) is 62.4 Å². The van der Waals surface area contributed by atoms with Crippen molar-refractivity contribution in [2.75, 3.05) is 32.7 Å². The molecule has 1 saturated heterocycles. The van der Waals surface area contributed by atoms with Gasteiger partial charge in [0.1, 0.15) is 0 Å². The molecule has 3 heterocycles. The van der Waals surface area contributed by atoms with E-state index in [1.54, 1.807) is 0 Å². The highest BCUT2D eigenvalue weighted by molar-refractivity contribution is 5.85. The first-order valence-corrected chi connectivity index (χ1v) is 8.32. The van der Waals surface area contributed by atoms with E-state index in [0.29, 0.717) is 0 Å². The molecular formula is C19H22N4. The Morgan fingerprint density at radius 3 is 2.57 bits per heavy atom. The van der Waals surface area contributed by atoms with Crippen LogP contribution in [0.1, 0.15) is 0 Å². The van der Waals surface area contributed by atoms with Gasteiger partial charge in [-0.1, -0.05) is 6.07 Å². The zero-order valence-electron chi connectivity index (χ0n) is 13.3. The maximum atomic E-state index is 4.09. The molecule has 4 rings (SSSR count). The van der Waals surface area contributed by atoms with Crippen LogP contribution in [-0.2, 0) is 6.54 Å². The summed E-state index contributed by atoms with van der Waals surface area (Å²) in [5.41, 5.74) is 3.79. The number of benzene rings is 1. The number of nitrogens with one attached hydrogen (secondary N) is 1. The minimum Gasteiger partial charge on any atom is -0.346 e. The summed E-state index contributed by atoms with van der Waals surface area (Å²) in [5, 5.41) is 4.71. The second-order valence-electron chi connectivity index (χ2n) is 6.11. The number of piperazine rings is 1. The van der Waals surface area contributed by atoms with Gasteiger partial charge >= 0.3 is 0 Å². The van der Waals surface area contributed by atoms with Gasteiger partial charge < -0.3 is 9.88 Å². The Balaban J connectivity index is 1.53. The summed E-state index contributed by atoms with van der Waals surface area (Å²) in [6, 6.07) is 13.1. The van der Waals surface area contributed by atoms with Crippen molar-refractivity contribution in [3.05, 3.63) is 55.0 Å². The molecule has 3 aromatic rings. The van der Waals surface area contributed by atoms with Crippen molar-refractivity contribution < 1.29 is 0 Å². The molecule has 0 radical (unpaired) electrons. The Morgan fingerprint density at radius 2 is 1.74 bits per heavy atom. The molecular weight excluding hydrogens is 284 g/mol. The minimum atomic E-state index is 1.05. The fourth-order valence-corrected chi connectivity index (χ4v) is 3.30. The molecule has 2 aromatic heterocycles. The zero-order chi connectivity index (χ0) is 15.5. The van der Waals surface area contributed by atoms with Crippen molar-refractivity contribution >= 4 is 10.9 Å². The molecule has 0 atom stereocenters. The van der Waals surface area contributed by atoms with E-state index < -0.39 is 0 Å². The molecule has 0 bridgehead atoms. The highest BCUT2D eigenvalue weighted by atomic mass is 15.2. The lowest BCUT2D eigenvalue weighted by Gasteiger charge is -2.27. The Morgan fingerprint density at radius 1 is 0.913 bits per heavy atom. The summed E-state index contributed by atoms with van der Waals surface area (Å²) in [6.45, 7) is 6.72. The lowest BCUT2D eigenvalue weighted by atomic mass is 10.1. The standard InChI is InChI=1S/C19H22N4/c1-2-19-18(15-17(1)16-3-6-20-7-4-16)5-10-23(19)14-13-22-11-8-21-9-12-22/h1-7,10,15,21H,8-9,11-14H2. The van der Waals surface area contributed by atoms with Gasteiger partial charge in [0.25, 0.3) is 0 Å². The van der Waals surface area contributed by atoms with Crippen molar-refractivity contribution in [3.63, 3.8) is 0 Å². The molecule has 0 unspecified atom stereocenters. The molecule has 118 valence electrons. The molecule has 4 heteroatoms. The highest BCUT2D eigenvalue weighted by Gasteiger charge is 2.10. The Kier molecular flexibility index (Phi) is 4.09. The van der Waals surface area contributed by atoms with E-state index in [1.807, 2.05) is 12.4 Å². The summed E-state index contributed by atoms with van der Waals surface area (Å²) in [7, 11) is 0. The maximum absolute atomic E-state index is 4.09. The van der Waals surface area contributed by atoms with Crippen LogP contribution in [0.2, 0.25) is 0 Å². The van der Waals surface area contributed by atoms with Crippen LogP contribution in [0.4, 0.5) is 0 Å². The van der Waals surface area contributed by atoms with Gasteiger partial charge in [0, 0.05) is 68.8 Å². The van der Waals surface area contributed by atoms with Crippen LogP contribution in [-0.4, -0.2) is 47.2 Å². The predicted octanol–water partition coefficient (Wildman–Crippen LogP) is 2.61. The van der Waals surface area contributed by atoms with Crippen LogP contribution in [0, 0.1) is 0 Å². The molecule has 0 spiro atoms. The first-order chi connectivity index (χ1) is 11.4. The van der Waals surface area contributed by atoms with Gasteiger partial charge in [-0.15, -0.1) is 0 Å². The SMILES string of the molecule is c1cc(-c2ccc3c(ccn3CCN3CCNCC3)c2)ccn1.